The summed E-state index contributed by atoms with van der Waals surface area (Å²) in [5.41, 5.74) is 5.23. The van der Waals surface area contributed by atoms with Gasteiger partial charge in [0.15, 0.2) is 0 Å². The first-order valence-electron chi connectivity index (χ1n) is 16.2. The van der Waals surface area contributed by atoms with Crippen LogP contribution in [-0.4, -0.2) is 76.8 Å². The Hall–Kier alpha value is -3.54. The molecule has 10 nitrogen and oxygen atoms in total. The first-order chi connectivity index (χ1) is 22.1. The van der Waals surface area contributed by atoms with Crippen molar-refractivity contribution in [1.82, 2.24) is 24.9 Å². The van der Waals surface area contributed by atoms with Gasteiger partial charge in [0, 0.05) is 52.2 Å². The van der Waals surface area contributed by atoms with Gasteiger partial charge in [0.25, 0.3) is 5.56 Å². The standard InChI is InChI=1S/C35H43BrN6O4/c1-22-4-9-28(17-30(22)29-10-11-32(43)39-34(29)44)46-27-12-14-42(15-13-27)19-23-5-7-24(8-6-23)25-16-26(21-40(2)20-25)38-31-18-37-41(3)35(45)33(31)36/h4-9,17-18,25-27,29,38H,10-16,19-21H2,1-3H3,(H,39,43,44)/t25-,26+,29?/m0/s1. The molecule has 0 aliphatic carbocycles. The van der Waals surface area contributed by atoms with Crippen molar-refractivity contribution in [2.75, 3.05) is 38.5 Å². The summed E-state index contributed by atoms with van der Waals surface area (Å²) in [6, 6.07) is 15.3. The van der Waals surface area contributed by atoms with Crippen LogP contribution in [0.15, 0.2) is 57.9 Å². The summed E-state index contributed by atoms with van der Waals surface area (Å²) in [6.45, 7) is 6.75. The highest BCUT2D eigenvalue weighted by atomic mass is 79.9. The number of likely N-dealkylation sites (N-methyl/N-ethyl adjacent to an activating group) is 1. The number of rotatable bonds is 8. The maximum atomic E-state index is 12.5. The summed E-state index contributed by atoms with van der Waals surface area (Å²) in [6.07, 6.45) is 5.63. The average molecular weight is 692 g/mol. The summed E-state index contributed by atoms with van der Waals surface area (Å²) >= 11 is 3.44. The largest absolute Gasteiger partial charge is 0.490 e. The lowest BCUT2D eigenvalue weighted by molar-refractivity contribution is -0.134. The number of ether oxygens (including phenoxy) is 1. The molecule has 3 aromatic rings. The number of hydrogen-bond acceptors (Lipinski definition) is 8. The van der Waals surface area contributed by atoms with E-state index in [-0.39, 0.29) is 35.4 Å². The van der Waals surface area contributed by atoms with Crippen LogP contribution in [0.4, 0.5) is 5.69 Å². The number of anilines is 1. The highest BCUT2D eigenvalue weighted by Crippen LogP contribution is 2.32. The number of benzene rings is 2. The van der Waals surface area contributed by atoms with Crippen molar-refractivity contribution >= 4 is 33.4 Å². The number of piperidine rings is 3. The van der Waals surface area contributed by atoms with Crippen LogP contribution >= 0.6 is 15.9 Å². The van der Waals surface area contributed by atoms with Gasteiger partial charge in [0.1, 0.15) is 16.3 Å². The summed E-state index contributed by atoms with van der Waals surface area (Å²) in [7, 11) is 3.80. The molecule has 2 amide bonds. The maximum absolute atomic E-state index is 12.5. The predicted octanol–water partition coefficient (Wildman–Crippen LogP) is 4.31. The lowest BCUT2D eigenvalue weighted by Crippen LogP contribution is -2.43. The van der Waals surface area contributed by atoms with E-state index >= 15 is 0 Å². The van der Waals surface area contributed by atoms with Crippen molar-refractivity contribution in [3.05, 3.63) is 85.7 Å². The van der Waals surface area contributed by atoms with E-state index in [1.54, 1.807) is 13.2 Å². The summed E-state index contributed by atoms with van der Waals surface area (Å²) in [4.78, 5) is 41.2. The van der Waals surface area contributed by atoms with Gasteiger partial charge >= 0.3 is 0 Å². The molecule has 1 unspecified atom stereocenters. The number of aryl methyl sites for hydroxylation is 2. The zero-order valence-corrected chi connectivity index (χ0v) is 28.4. The van der Waals surface area contributed by atoms with Crippen molar-refractivity contribution in [2.45, 2.75) is 69.6 Å². The van der Waals surface area contributed by atoms with E-state index in [9.17, 15) is 14.4 Å². The number of amides is 2. The number of aromatic nitrogens is 2. The molecule has 3 atom stereocenters. The fraction of sp³-hybridized carbons (Fsp3) is 0.486. The second kappa shape index (κ2) is 14.1. The number of nitrogens with zero attached hydrogens (tertiary/aromatic N) is 4. The first kappa shape index (κ1) is 32.4. The predicted molar refractivity (Wildman–Crippen MR) is 181 cm³/mol. The Labute approximate surface area is 278 Å². The third kappa shape index (κ3) is 7.53. The van der Waals surface area contributed by atoms with Gasteiger partial charge in [-0.2, -0.15) is 5.10 Å². The molecule has 0 radical (unpaired) electrons. The number of imide groups is 1. The highest BCUT2D eigenvalue weighted by molar-refractivity contribution is 9.10. The summed E-state index contributed by atoms with van der Waals surface area (Å²) < 4.78 is 8.24. The highest BCUT2D eigenvalue weighted by Gasteiger charge is 2.30. The van der Waals surface area contributed by atoms with E-state index in [0.717, 1.165) is 74.6 Å². The Morgan fingerprint density at radius 1 is 1.02 bits per heavy atom. The number of nitrogens with one attached hydrogen (secondary N) is 2. The second-order valence-electron chi connectivity index (χ2n) is 13.2. The minimum atomic E-state index is -0.308. The molecule has 46 heavy (non-hydrogen) atoms. The van der Waals surface area contributed by atoms with Crippen LogP contribution in [0.3, 0.4) is 0 Å². The summed E-state index contributed by atoms with van der Waals surface area (Å²) in [5, 5.41) is 10.2. The monoisotopic (exact) mass is 690 g/mol. The van der Waals surface area contributed by atoms with Gasteiger partial charge in [-0.15, -0.1) is 0 Å². The van der Waals surface area contributed by atoms with E-state index in [0.29, 0.717) is 23.2 Å². The zero-order valence-electron chi connectivity index (χ0n) is 26.8. The maximum Gasteiger partial charge on any atom is 0.282 e. The van der Waals surface area contributed by atoms with Crippen LogP contribution in [-0.2, 0) is 23.2 Å². The molecule has 0 spiro atoms. The SMILES string of the molecule is Cc1ccc(OC2CCN(Cc3ccc([C@H]4C[C@@H](Nc5cnn(C)c(=O)c5Br)CN(C)C4)cc3)CC2)cc1C1CCC(=O)NC1=O. The lowest BCUT2D eigenvalue weighted by Gasteiger charge is -2.37. The van der Waals surface area contributed by atoms with Gasteiger partial charge in [-0.25, -0.2) is 4.68 Å². The van der Waals surface area contributed by atoms with Gasteiger partial charge in [-0.3, -0.25) is 24.6 Å². The minimum Gasteiger partial charge on any atom is -0.490 e. The van der Waals surface area contributed by atoms with E-state index in [4.69, 9.17) is 4.74 Å². The Bertz CT molecular complexity index is 1630. The Kier molecular flexibility index (Phi) is 9.91. The van der Waals surface area contributed by atoms with Crippen molar-refractivity contribution in [3.63, 3.8) is 0 Å². The second-order valence-corrected chi connectivity index (χ2v) is 13.9. The molecule has 3 aliphatic rings. The van der Waals surface area contributed by atoms with Crippen LogP contribution < -0.4 is 20.9 Å². The third-order valence-corrected chi connectivity index (χ3v) is 10.4. The van der Waals surface area contributed by atoms with Crippen LogP contribution in [0.25, 0.3) is 0 Å². The van der Waals surface area contributed by atoms with Gasteiger partial charge in [-0.05, 0) is 95.9 Å². The topological polar surface area (TPSA) is 109 Å². The molecule has 2 N–H and O–H groups in total. The normalized spacial score (nSPS) is 23.3. The Morgan fingerprint density at radius 3 is 2.52 bits per heavy atom. The van der Waals surface area contributed by atoms with Crippen LogP contribution in [0.1, 0.15) is 66.2 Å². The molecule has 3 aliphatic heterocycles. The number of carbonyl (C=O) groups excluding carboxylic acids is 2. The molecule has 0 saturated carbocycles. The minimum absolute atomic E-state index is 0.135. The molecule has 2 aromatic carbocycles. The quantitative estimate of drug-likeness (QED) is 0.337. The van der Waals surface area contributed by atoms with Crippen molar-refractivity contribution in [3.8, 4) is 5.75 Å². The number of hydrogen-bond donors (Lipinski definition) is 2. The van der Waals surface area contributed by atoms with Gasteiger partial charge < -0.3 is 15.0 Å². The van der Waals surface area contributed by atoms with E-state index in [2.05, 4.69) is 72.8 Å². The smallest absolute Gasteiger partial charge is 0.282 e. The fourth-order valence-electron chi connectivity index (χ4n) is 7.09. The van der Waals surface area contributed by atoms with Crippen LogP contribution in [0, 0.1) is 6.92 Å². The van der Waals surface area contributed by atoms with E-state index in [1.807, 2.05) is 25.1 Å². The summed E-state index contributed by atoms with van der Waals surface area (Å²) in [5.74, 6) is 0.474. The molecule has 3 fully saturated rings. The molecule has 6 rings (SSSR count). The molecule has 1 aromatic heterocycles. The molecule has 244 valence electrons. The Morgan fingerprint density at radius 2 is 1.78 bits per heavy atom. The van der Waals surface area contributed by atoms with Crippen LogP contribution in [0.2, 0.25) is 0 Å². The zero-order chi connectivity index (χ0) is 32.4. The van der Waals surface area contributed by atoms with Crippen LogP contribution in [0.5, 0.6) is 5.75 Å². The van der Waals surface area contributed by atoms with Gasteiger partial charge in [-0.1, -0.05) is 30.3 Å². The first-order valence-corrected chi connectivity index (χ1v) is 17.0. The van der Waals surface area contributed by atoms with Gasteiger partial charge in [0.2, 0.25) is 11.8 Å². The van der Waals surface area contributed by atoms with E-state index < -0.39 is 0 Å². The molecule has 4 heterocycles. The number of likely N-dealkylation sites (tertiary alicyclic amines) is 2. The molecular weight excluding hydrogens is 648 g/mol. The molecule has 0 bridgehead atoms. The van der Waals surface area contributed by atoms with E-state index in [1.165, 1.54) is 15.8 Å². The molecule has 3 saturated heterocycles. The third-order valence-electron chi connectivity index (χ3n) is 9.63. The van der Waals surface area contributed by atoms with Crippen molar-refractivity contribution < 1.29 is 14.3 Å². The Balaban J connectivity index is 1.00. The lowest BCUT2D eigenvalue weighted by atomic mass is 9.87. The van der Waals surface area contributed by atoms with Crippen molar-refractivity contribution in [1.29, 1.82) is 0 Å². The molecule has 11 heteroatoms. The number of halogens is 1. The number of carbonyl (C=O) groups is 2. The van der Waals surface area contributed by atoms with Crippen molar-refractivity contribution in [2.24, 2.45) is 7.05 Å². The fourth-order valence-corrected chi connectivity index (χ4v) is 7.56. The molecular formula is C35H43BrN6O4. The van der Waals surface area contributed by atoms with Gasteiger partial charge in [0.05, 0.1) is 17.8 Å². The average Bonchev–Trinajstić information content (AvgIpc) is 3.03.